The van der Waals surface area contributed by atoms with Crippen LogP contribution in [-0.4, -0.2) is 59.1 Å². The molecule has 19 heavy (non-hydrogen) atoms. The average Bonchev–Trinajstić information content (AvgIpc) is 2.65. The first kappa shape index (κ1) is 14.8. The van der Waals surface area contributed by atoms with Crippen LogP contribution in [0.3, 0.4) is 0 Å². The summed E-state index contributed by atoms with van der Waals surface area (Å²) in [5.74, 6) is 0.291. The molecule has 0 radical (unpaired) electrons. The molecule has 0 aromatic rings. The van der Waals surface area contributed by atoms with Crippen LogP contribution in [0, 0.1) is 0 Å². The van der Waals surface area contributed by atoms with E-state index in [1.807, 2.05) is 11.8 Å². The van der Waals surface area contributed by atoms with Gasteiger partial charge in [0.05, 0.1) is 12.6 Å². The summed E-state index contributed by atoms with van der Waals surface area (Å²) < 4.78 is 0. The molecule has 0 aromatic heterocycles. The third-order valence-electron chi connectivity index (χ3n) is 4.41. The summed E-state index contributed by atoms with van der Waals surface area (Å²) in [6, 6.07) is 0.399. The Morgan fingerprint density at radius 1 is 1.16 bits per heavy atom. The number of nitrogens with zero attached hydrogens (tertiary/aromatic N) is 2. The number of likely N-dealkylation sites (tertiary alicyclic amines) is 2. The maximum Gasteiger partial charge on any atom is 0.236 e. The van der Waals surface area contributed by atoms with Crippen LogP contribution >= 0.6 is 0 Å². The summed E-state index contributed by atoms with van der Waals surface area (Å²) in [6.45, 7) is 5.28. The van der Waals surface area contributed by atoms with Crippen LogP contribution in [0.25, 0.3) is 0 Å². The van der Waals surface area contributed by atoms with Crippen LogP contribution in [-0.2, 0) is 4.79 Å². The maximum absolute atomic E-state index is 12.4. The van der Waals surface area contributed by atoms with Crippen molar-refractivity contribution in [3.8, 4) is 0 Å². The van der Waals surface area contributed by atoms with Crippen molar-refractivity contribution >= 4 is 5.91 Å². The van der Waals surface area contributed by atoms with Crippen LogP contribution in [0.5, 0.6) is 0 Å². The van der Waals surface area contributed by atoms with Gasteiger partial charge in [0.1, 0.15) is 0 Å². The number of amides is 1. The quantitative estimate of drug-likeness (QED) is 0.842. The molecule has 0 bridgehead atoms. The molecule has 0 saturated carbocycles. The molecule has 0 aliphatic carbocycles. The van der Waals surface area contributed by atoms with Crippen LogP contribution in [0.4, 0.5) is 0 Å². The molecule has 2 aliphatic rings. The first-order valence-electron chi connectivity index (χ1n) is 7.86. The Labute approximate surface area is 116 Å². The van der Waals surface area contributed by atoms with Crippen LogP contribution in [0.1, 0.15) is 51.9 Å². The lowest BCUT2D eigenvalue weighted by atomic mass is 10.1. The molecule has 0 aromatic carbocycles. The number of rotatable bonds is 4. The predicted octanol–water partition coefficient (Wildman–Crippen LogP) is 1.62. The number of aliphatic hydroxyl groups excluding tert-OH is 1. The minimum atomic E-state index is -0.265. The van der Waals surface area contributed by atoms with Gasteiger partial charge in [0, 0.05) is 19.1 Å². The highest BCUT2D eigenvalue weighted by molar-refractivity contribution is 5.78. The number of carbonyl (C=O) groups excluding carboxylic acids is 1. The van der Waals surface area contributed by atoms with E-state index in [1.165, 1.54) is 12.8 Å². The predicted molar refractivity (Wildman–Crippen MR) is 75.9 cm³/mol. The summed E-state index contributed by atoms with van der Waals surface area (Å²) in [4.78, 5) is 16.7. The normalized spacial score (nSPS) is 27.3. The fourth-order valence-corrected chi connectivity index (χ4v) is 3.36. The lowest BCUT2D eigenvalue weighted by molar-refractivity contribution is -0.132. The minimum absolute atomic E-state index is 0.265. The molecular weight excluding hydrogens is 240 g/mol. The van der Waals surface area contributed by atoms with Crippen LogP contribution in [0.2, 0.25) is 0 Å². The molecule has 0 spiro atoms. The molecule has 4 nitrogen and oxygen atoms in total. The molecule has 1 N–H and O–H groups in total. The minimum Gasteiger partial charge on any atom is -0.393 e. The zero-order valence-corrected chi connectivity index (χ0v) is 12.2. The van der Waals surface area contributed by atoms with Crippen molar-refractivity contribution in [2.45, 2.75) is 64.0 Å². The Kier molecular flexibility index (Phi) is 5.64. The molecule has 2 atom stereocenters. The van der Waals surface area contributed by atoms with Gasteiger partial charge in [-0.2, -0.15) is 0 Å². The molecular formula is C15H28N2O2. The fourth-order valence-electron chi connectivity index (χ4n) is 3.36. The van der Waals surface area contributed by atoms with Gasteiger partial charge in [-0.3, -0.25) is 9.69 Å². The molecule has 2 fully saturated rings. The molecule has 2 rings (SSSR count). The standard InChI is InChI=1S/C15H28N2O2/c1-13(18)11-14-7-6-10-17(14)12-15(19)16-8-4-2-3-5-9-16/h13-14,18H,2-12H2,1H3. The topological polar surface area (TPSA) is 43.8 Å². The highest BCUT2D eigenvalue weighted by atomic mass is 16.3. The van der Waals surface area contributed by atoms with E-state index in [4.69, 9.17) is 0 Å². The average molecular weight is 268 g/mol. The Balaban J connectivity index is 1.83. The van der Waals surface area contributed by atoms with E-state index in [2.05, 4.69) is 4.90 Å². The first-order valence-corrected chi connectivity index (χ1v) is 7.86. The highest BCUT2D eigenvalue weighted by Gasteiger charge is 2.28. The van der Waals surface area contributed by atoms with Crippen LogP contribution < -0.4 is 0 Å². The molecule has 4 heteroatoms. The van der Waals surface area contributed by atoms with E-state index in [1.54, 1.807) is 0 Å². The van der Waals surface area contributed by atoms with Crippen molar-refractivity contribution < 1.29 is 9.90 Å². The van der Waals surface area contributed by atoms with Crippen molar-refractivity contribution in [1.29, 1.82) is 0 Å². The number of aliphatic hydroxyl groups is 1. The van der Waals surface area contributed by atoms with Crippen molar-refractivity contribution in [3.05, 3.63) is 0 Å². The maximum atomic E-state index is 12.4. The lowest BCUT2D eigenvalue weighted by Gasteiger charge is -2.28. The zero-order valence-electron chi connectivity index (χ0n) is 12.2. The lowest BCUT2D eigenvalue weighted by Crippen LogP contribution is -2.43. The second kappa shape index (κ2) is 7.25. The Morgan fingerprint density at radius 3 is 2.47 bits per heavy atom. The third-order valence-corrected chi connectivity index (χ3v) is 4.41. The number of carbonyl (C=O) groups is 1. The van der Waals surface area contributed by atoms with Crippen LogP contribution in [0.15, 0.2) is 0 Å². The summed E-state index contributed by atoms with van der Waals surface area (Å²) in [5, 5.41) is 9.53. The molecule has 1 amide bonds. The van der Waals surface area contributed by atoms with Gasteiger partial charge in [-0.05, 0) is 45.6 Å². The Hall–Kier alpha value is -0.610. The smallest absolute Gasteiger partial charge is 0.236 e. The largest absolute Gasteiger partial charge is 0.393 e. The van der Waals surface area contributed by atoms with E-state index in [0.29, 0.717) is 18.5 Å². The summed E-state index contributed by atoms with van der Waals surface area (Å²) in [6.07, 6.45) is 7.65. The molecule has 2 heterocycles. The van der Waals surface area contributed by atoms with Gasteiger partial charge in [0.15, 0.2) is 0 Å². The van der Waals surface area contributed by atoms with Crippen molar-refractivity contribution in [2.24, 2.45) is 0 Å². The zero-order chi connectivity index (χ0) is 13.7. The van der Waals surface area contributed by atoms with Gasteiger partial charge >= 0.3 is 0 Å². The monoisotopic (exact) mass is 268 g/mol. The molecule has 2 saturated heterocycles. The molecule has 2 unspecified atom stereocenters. The Morgan fingerprint density at radius 2 is 1.84 bits per heavy atom. The van der Waals surface area contributed by atoms with E-state index in [0.717, 1.165) is 51.7 Å². The summed E-state index contributed by atoms with van der Waals surface area (Å²) in [7, 11) is 0. The van der Waals surface area contributed by atoms with E-state index in [9.17, 15) is 9.90 Å². The first-order chi connectivity index (χ1) is 9.16. The molecule has 110 valence electrons. The van der Waals surface area contributed by atoms with Crippen molar-refractivity contribution in [1.82, 2.24) is 9.80 Å². The van der Waals surface area contributed by atoms with Crippen molar-refractivity contribution in [2.75, 3.05) is 26.2 Å². The van der Waals surface area contributed by atoms with E-state index < -0.39 is 0 Å². The fraction of sp³-hybridized carbons (Fsp3) is 0.933. The Bertz CT molecular complexity index is 286. The van der Waals surface area contributed by atoms with Gasteiger partial charge in [0.2, 0.25) is 5.91 Å². The van der Waals surface area contributed by atoms with Gasteiger partial charge in [-0.25, -0.2) is 0 Å². The highest BCUT2D eigenvalue weighted by Crippen LogP contribution is 2.21. The molecule has 2 aliphatic heterocycles. The van der Waals surface area contributed by atoms with Gasteiger partial charge in [0.25, 0.3) is 0 Å². The van der Waals surface area contributed by atoms with E-state index >= 15 is 0 Å². The van der Waals surface area contributed by atoms with E-state index in [-0.39, 0.29) is 6.10 Å². The third kappa shape index (κ3) is 4.46. The van der Waals surface area contributed by atoms with Gasteiger partial charge < -0.3 is 10.0 Å². The summed E-state index contributed by atoms with van der Waals surface area (Å²) in [5.41, 5.74) is 0. The number of hydrogen-bond donors (Lipinski definition) is 1. The van der Waals surface area contributed by atoms with Gasteiger partial charge in [-0.15, -0.1) is 0 Å². The van der Waals surface area contributed by atoms with Crippen molar-refractivity contribution in [3.63, 3.8) is 0 Å². The van der Waals surface area contributed by atoms with Gasteiger partial charge in [-0.1, -0.05) is 12.8 Å². The second-order valence-electron chi connectivity index (χ2n) is 6.15. The summed E-state index contributed by atoms with van der Waals surface area (Å²) >= 11 is 0. The SMILES string of the molecule is CC(O)CC1CCCN1CC(=O)N1CCCCCC1. The second-order valence-corrected chi connectivity index (χ2v) is 6.15. The number of hydrogen-bond acceptors (Lipinski definition) is 3.